The molecule has 0 spiro atoms. The number of nitrogens with zero attached hydrogens (tertiary/aromatic N) is 1. The van der Waals surface area contributed by atoms with Crippen molar-refractivity contribution in [2.24, 2.45) is 11.7 Å². The number of nitrogens with two attached hydrogens (primary N) is 1. The van der Waals surface area contributed by atoms with Crippen LogP contribution < -0.4 is 11.1 Å². The van der Waals surface area contributed by atoms with E-state index in [1.165, 1.54) is 6.42 Å². The second-order valence-corrected chi connectivity index (χ2v) is 7.85. The lowest BCUT2D eigenvalue weighted by Gasteiger charge is -2.39. The van der Waals surface area contributed by atoms with Gasteiger partial charge in [0.1, 0.15) is 0 Å². The van der Waals surface area contributed by atoms with E-state index >= 15 is 0 Å². The van der Waals surface area contributed by atoms with Crippen molar-refractivity contribution in [3.05, 3.63) is 0 Å². The fraction of sp³-hybridized carbons (Fsp3) is 0.895. The van der Waals surface area contributed by atoms with E-state index in [2.05, 4.69) is 5.32 Å². The Balaban J connectivity index is 0.00000338. The molecule has 1 heterocycles. The highest BCUT2D eigenvalue weighted by atomic mass is 35.5. The summed E-state index contributed by atoms with van der Waals surface area (Å²) in [5.74, 6) is 0.212. The number of hydrogen-bond acceptors (Lipinski definition) is 4. The van der Waals surface area contributed by atoms with Crippen LogP contribution in [0.25, 0.3) is 0 Å². The molecule has 2 fully saturated rings. The number of nitrogens with one attached hydrogen (secondary N) is 1. The van der Waals surface area contributed by atoms with Crippen molar-refractivity contribution in [1.82, 2.24) is 10.2 Å². The third-order valence-electron chi connectivity index (χ3n) is 5.40. The van der Waals surface area contributed by atoms with E-state index in [4.69, 9.17) is 10.5 Å². The van der Waals surface area contributed by atoms with Gasteiger partial charge in [-0.1, -0.05) is 19.3 Å². The Kier molecular flexibility index (Phi) is 9.90. The molecule has 0 unspecified atom stereocenters. The highest BCUT2D eigenvalue weighted by Gasteiger charge is 2.39. The summed E-state index contributed by atoms with van der Waals surface area (Å²) in [7, 11) is 0. The Bertz CT molecular complexity index is 445. The van der Waals surface area contributed by atoms with Crippen LogP contribution in [0.2, 0.25) is 0 Å². The van der Waals surface area contributed by atoms with E-state index < -0.39 is 5.54 Å². The van der Waals surface area contributed by atoms with Gasteiger partial charge in [0.2, 0.25) is 11.8 Å². The Hall–Kier alpha value is -0.850. The van der Waals surface area contributed by atoms with Crippen LogP contribution in [-0.2, 0) is 14.3 Å². The first-order valence-electron chi connectivity index (χ1n) is 9.90. The third-order valence-corrected chi connectivity index (χ3v) is 5.40. The SMILES string of the molecule is CC(C)OCCCNC(=O)C1CCN(C(=O)C2(N)CCCCC2)CC1.Cl. The van der Waals surface area contributed by atoms with E-state index in [0.717, 1.165) is 44.9 Å². The summed E-state index contributed by atoms with van der Waals surface area (Å²) in [6.45, 7) is 6.62. The zero-order valence-electron chi connectivity index (χ0n) is 16.3. The summed E-state index contributed by atoms with van der Waals surface area (Å²) in [6.07, 6.45) is 7.38. The molecule has 26 heavy (non-hydrogen) atoms. The maximum absolute atomic E-state index is 12.7. The van der Waals surface area contributed by atoms with E-state index in [9.17, 15) is 9.59 Å². The number of carbonyl (C=O) groups is 2. The van der Waals surface area contributed by atoms with Crippen LogP contribution in [0.5, 0.6) is 0 Å². The Morgan fingerprint density at radius 1 is 1.19 bits per heavy atom. The molecule has 0 aromatic rings. The number of halogens is 1. The molecule has 0 radical (unpaired) electrons. The Labute approximate surface area is 164 Å². The minimum absolute atomic E-state index is 0. The van der Waals surface area contributed by atoms with Crippen LogP contribution in [0.15, 0.2) is 0 Å². The normalized spacial score (nSPS) is 20.5. The zero-order valence-corrected chi connectivity index (χ0v) is 17.1. The van der Waals surface area contributed by atoms with Crippen molar-refractivity contribution >= 4 is 24.2 Å². The van der Waals surface area contributed by atoms with Crippen LogP contribution in [0.1, 0.15) is 65.2 Å². The van der Waals surface area contributed by atoms with E-state index in [-0.39, 0.29) is 36.2 Å². The van der Waals surface area contributed by atoms with Gasteiger partial charge in [0, 0.05) is 32.2 Å². The van der Waals surface area contributed by atoms with Crippen molar-refractivity contribution in [2.45, 2.75) is 76.9 Å². The molecule has 3 N–H and O–H groups in total. The lowest BCUT2D eigenvalue weighted by molar-refractivity contribution is -0.141. The summed E-state index contributed by atoms with van der Waals surface area (Å²) < 4.78 is 5.47. The maximum Gasteiger partial charge on any atom is 0.242 e. The molecule has 0 atom stereocenters. The molecular formula is C19H36ClN3O3. The number of amides is 2. The van der Waals surface area contributed by atoms with Crippen LogP contribution >= 0.6 is 12.4 Å². The van der Waals surface area contributed by atoms with E-state index in [0.29, 0.717) is 26.2 Å². The first kappa shape index (κ1) is 23.2. The first-order chi connectivity index (χ1) is 11.9. The molecule has 1 saturated heterocycles. The van der Waals surface area contributed by atoms with Gasteiger partial charge in [-0.2, -0.15) is 0 Å². The Morgan fingerprint density at radius 3 is 2.38 bits per heavy atom. The van der Waals surface area contributed by atoms with Crippen LogP contribution in [-0.4, -0.2) is 54.6 Å². The summed E-state index contributed by atoms with van der Waals surface area (Å²) >= 11 is 0. The lowest BCUT2D eigenvalue weighted by atomic mass is 9.81. The predicted molar refractivity (Wildman–Crippen MR) is 105 cm³/mol. The van der Waals surface area contributed by atoms with E-state index in [1.807, 2.05) is 18.7 Å². The molecular weight excluding hydrogens is 354 g/mol. The van der Waals surface area contributed by atoms with Crippen LogP contribution in [0.4, 0.5) is 0 Å². The first-order valence-corrected chi connectivity index (χ1v) is 9.90. The number of carbonyl (C=O) groups excluding carboxylic acids is 2. The van der Waals surface area contributed by atoms with Gasteiger partial charge in [-0.05, 0) is 46.0 Å². The lowest BCUT2D eigenvalue weighted by Crippen LogP contribution is -2.58. The van der Waals surface area contributed by atoms with Gasteiger partial charge in [0.25, 0.3) is 0 Å². The topological polar surface area (TPSA) is 84.7 Å². The number of likely N-dealkylation sites (tertiary alicyclic amines) is 1. The molecule has 152 valence electrons. The molecule has 2 aliphatic rings. The summed E-state index contributed by atoms with van der Waals surface area (Å²) in [4.78, 5) is 26.9. The van der Waals surface area contributed by atoms with Crippen molar-refractivity contribution < 1.29 is 14.3 Å². The highest BCUT2D eigenvalue weighted by Crippen LogP contribution is 2.29. The highest BCUT2D eigenvalue weighted by molar-refractivity contribution is 5.86. The average Bonchev–Trinajstić information content (AvgIpc) is 2.61. The summed E-state index contributed by atoms with van der Waals surface area (Å²) in [6, 6.07) is 0. The van der Waals surface area contributed by atoms with Gasteiger partial charge in [-0.15, -0.1) is 12.4 Å². The summed E-state index contributed by atoms with van der Waals surface area (Å²) in [5, 5.41) is 2.99. The quantitative estimate of drug-likeness (QED) is 0.654. The molecule has 0 aromatic carbocycles. The van der Waals surface area contributed by atoms with E-state index in [1.54, 1.807) is 0 Å². The second-order valence-electron chi connectivity index (χ2n) is 7.85. The molecule has 1 saturated carbocycles. The Morgan fingerprint density at radius 2 is 1.81 bits per heavy atom. The van der Waals surface area contributed by atoms with Crippen molar-refractivity contribution in [3.8, 4) is 0 Å². The molecule has 7 heteroatoms. The van der Waals surface area contributed by atoms with Gasteiger partial charge in [-0.25, -0.2) is 0 Å². The maximum atomic E-state index is 12.7. The second kappa shape index (κ2) is 11.1. The largest absolute Gasteiger partial charge is 0.379 e. The van der Waals surface area contributed by atoms with Crippen molar-refractivity contribution in [1.29, 1.82) is 0 Å². The smallest absolute Gasteiger partial charge is 0.242 e. The third kappa shape index (κ3) is 6.71. The fourth-order valence-corrected chi connectivity index (χ4v) is 3.80. The molecule has 0 aromatic heterocycles. The monoisotopic (exact) mass is 389 g/mol. The van der Waals surface area contributed by atoms with Crippen LogP contribution in [0, 0.1) is 5.92 Å². The van der Waals surface area contributed by atoms with Crippen molar-refractivity contribution in [3.63, 3.8) is 0 Å². The molecule has 2 rings (SSSR count). The molecule has 6 nitrogen and oxygen atoms in total. The van der Waals surface area contributed by atoms with Gasteiger partial charge in [0.05, 0.1) is 11.6 Å². The number of piperidine rings is 1. The fourth-order valence-electron chi connectivity index (χ4n) is 3.80. The van der Waals surface area contributed by atoms with Gasteiger partial charge in [0.15, 0.2) is 0 Å². The predicted octanol–water partition coefficient (Wildman–Crippen LogP) is 2.24. The number of rotatable bonds is 7. The minimum Gasteiger partial charge on any atom is -0.379 e. The van der Waals surface area contributed by atoms with Gasteiger partial charge in [-0.3, -0.25) is 9.59 Å². The van der Waals surface area contributed by atoms with Crippen LogP contribution in [0.3, 0.4) is 0 Å². The molecule has 1 aliphatic carbocycles. The standard InChI is InChI=1S/C19H35N3O3.ClH/c1-15(2)25-14-6-11-21-17(23)16-7-12-22(13-8-16)18(24)19(20)9-4-3-5-10-19;/h15-16H,3-14,20H2,1-2H3,(H,21,23);1H. The number of ether oxygens (including phenoxy) is 1. The molecule has 2 amide bonds. The van der Waals surface area contributed by atoms with Gasteiger partial charge >= 0.3 is 0 Å². The minimum atomic E-state index is -0.663. The number of hydrogen-bond donors (Lipinski definition) is 2. The molecule has 0 bridgehead atoms. The summed E-state index contributed by atoms with van der Waals surface area (Å²) in [5.41, 5.74) is 5.70. The van der Waals surface area contributed by atoms with Crippen molar-refractivity contribution in [2.75, 3.05) is 26.2 Å². The zero-order chi connectivity index (χ0) is 18.3. The molecule has 1 aliphatic heterocycles. The average molecular weight is 390 g/mol. The van der Waals surface area contributed by atoms with Gasteiger partial charge < -0.3 is 20.7 Å².